The van der Waals surface area contributed by atoms with Gasteiger partial charge in [-0.1, -0.05) is 0 Å². The first-order chi connectivity index (χ1) is 7.51. The monoisotopic (exact) mass is 223 g/mol. The molecule has 0 amide bonds. The van der Waals surface area contributed by atoms with Crippen molar-refractivity contribution < 1.29 is 4.42 Å². The van der Waals surface area contributed by atoms with E-state index < -0.39 is 0 Å². The van der Waals surface area contributed by atoms with Gasteiger partial charge in [0.15, 0.2) is 5.96 Å². The molecule has 0 radical (unpaired) electrons. The fourth-order valence-corrected chi connectivity index (χ4v) is 1.22. The third kappa shape index (κ3) is 4.87. The number of nitrogens with zero attached hydrogens (tertiary/aromatic N) is 1. The molecule has 16 heavy (non-hydrogen) atoms. The molecule has 0 aliphatic carbocycles. The number of guanidine groups is 1. The van der Waals surface area contributed by atoms with E-state index in [4.69, 9.17) is 4.42 Å². The standard InChI is InChI=1S/C12H21N3O/c1-5-13-11(15-12(2,3)4)14-9-10-7-6-8-16-10/h6-8H,5,9H2,1-4H3,(H2,13,14,15). The van der Waals surface area contributed by atoms with Gasteiger partial charge >= 0.3 is 0 Å². The van der Waals surface area contributed by atoms with Crippen molar-refractivity contribution >= 4 is 5.96 Å². The molecule has 0 fully saturated rings. The lowest BCUT2D eigenvalue weighted by molar-refractivity contribution is 0.494. The Morgan fingerprint density at radius 2 is 2.19 bits per heavy atom. The predicted octanol–water partition coefficient (Wildman–Crippen LogP) is 2.13. The Hall–Kier alpha value is -1.45. The highest BCUT2D eigenvalue weighted by atomic mass is 16.3. The normalized spacial score (nSPS) is 12.6. The highest BCUT2D eigenvalue weighted by molar-refractivity contribution is 5.80. The molecule has 1 aromatic heterocycles. The third-order valence-electron chi connectivity index (χ3n) is 1.81. The fraction of sp³-hybridized carbons (Fsp3) is 0.583. The van der Waals surface area contributed by atoms with E-state index in [0.717, 1.165) is 18.3 Å². The first-order valence-electron chi connectivity index (χ1n) is 5.60. The molecule has 90 valence electrons. The molecule has 0 saturated heterocycles. The Morgan fingerprint density at radius 3 is 2.69 bits per heavy atom. The van der Waals surface area contributed by atoms with Crippen LogP contribution in [-0.2, 0) is 6.54 Å². The minimum absolute atomic E-state index is 0.00413. The van der Waals surface area contributed by atoms with Crippen molar-refractivity contribution in [1.82, 2.24) is 10.6 Å². The summed E-state index contributed by atoms with van der Waals surface area (Å²) in [6.45, 7) is 9.76. The quantitative estimate of drug-likeness (QED) is 0.609. The summed E-state index contributed by atoms with van der Waals surface area (Å²) in [6.07, 6.45) is 1.66. The maximum Gasteiger partial charge on any atom is 0.192 e. The van der Waals surface area contributed by atoms with E-state index in [1.807, 2.05) is 19.1 Å². The van der Waals surface area contributed by atoms with Crippen LogP contribution in [0.2, 0.25) is 0 Å². The number of furan rings is 1. The number of hydrogen-bond donors (Lipinski definition) is 2. The topological polar surface area (TPSA) is 49.6 Å². The molecule has 4 heteroatoms. The molecule has 4 nitrogen and oxygen atoms in total. The second kappa shape index (κ2) is 5.58. The molecule has 0 saturated carbocycles. The first-order valence-corrected chi connectivity index (χ1v) is 5.60. The van der Waals surface area contributed by atoms with Gasteiger partial charge < -0.3 is 15.1 Å². The average Bonchev–Trinajstić information content (AvgIpc) is 2.64. The maximum atomic E-state index is 5.23. The second-order valence-electron chi connectivity index (χ2n) is 4.65. The van der Waals surface area contributed by atoms with Gasteiger partial charge in [0, 0.05) is 12.1 Å². The van der Waals surface area contributed by atoms with Crippen molar-refractivity contribution in [3.63, 3.8) is 0 Å². The molecule has 0 unspecified atom stereocenters. The lowest BCUT2D eigenvalue weighted by Crippen LogP contribution is -2.47. The Kier molecular flexibility index (Phi) is 4.40. The highest BCUT2D eigenvalue weighted by Crippen LogP contribution is 2.02. The largest absolute Gasteiger partial charge is 0.467 e. The van der Waals surface area contributed by atoms with Gasteiger partial charge in [-0.2, -0.15) is 0 Å². The summed E-state index contributed by atoms with van der Waals surface area (Å²) in [5.41, 5.74) is 0.00413. The summed E-state index contributed by atoms with van der Waals surface area (Å²) < 4.78 is 5.23. The number of aliphatic imine (C=N–C) groups is 1. The lowest BCUT2D eigenvalue weighted by atomic mass is 10.1. The molecule has 1 rings (SSSR count). The van der Waals surface area contributed by atoms with Crippen LogP contribution in [-0.4, -0.2) is 18.0 Å². The zero-order chi connectivity index (χ0) is 12.0. The molecule has 0 aliphatic rings. The number of nitrogens with one attached hydrogen (secondary N) is 2. The Bertz CT molecular complexity index is 323. The average molecular weight is 223 g/mol. The van der Waals surface area contributed by atoms with Crippen molar-refractivity contribution in [2.24, 2.45) is 4.99 Å². The highest BCUT2D eigenvalue weighted by Gasteiger charge is 2.11. The number of hydrogen-bond acceptors (Lipinski definition) is 2. The summed E-state index contributed by atoms with van der Waals surface area (Å²) in [5.74, 6) is 1.68. The summed E-state index contributed by atoms with van der Waals surface area (Å²) in [5, 5.41) is 6.52. The van der Waals surface area contributed by atoms with Gasteiger partial charge in [0.2, 0.25) is 0 Å². The maximum absolute atomic E-state index is 5.23. The summed E-state index contributed by atoms with van der Waals surface area (Å²) in [6, 6.07) is 3.79. The Balaban J connectivity index is 2.58. The third-order valence-corrected chi connectivity index (χ3v) is 1.81. The van der Waals surface area contributed by atoms with Crippen LogP contribution in [0.25, 0.3) is 0 Å². The summed E-state index contributed by atoms with van der Waals surface area (Å²) >= 11 is 0. The van der Waals surface area contributed by atoms with Crippen LogP contribution >= 0.6 is 0 Å². The van der Waals surface area contributed by atoms with Gasteiger partial charge in [0.05, 0.1) is 6.26 Å². The van der Waals surface area contributed by atoms with Gasteiger partial charge in [0.1, 0.15) is 12.3 Å². The van der Waals surface area contributed by atoms with Crippen molar-refractivity contribution in [1.29, 1.82) is 0 Å². The molecule has 0 atom stereocenters. The SMILES string of the molecule is CCNC(=NCc1ccco1)NC(C)(C)C. The Labute approximate surface area is 97.1 Å². The summed E-state index contributed by atoms with van der Waals surface area (Å²) in [7, 11) is 0. The van der Waals surface area contributed by atoms with Crippen LogP contribution in [0.1, 0.15) is 33.5 Å². The van der Waals surface area contributed by atoms with Gasteiger partial charge in [0.25, 0.3) is 0 Å². The molecular weight excluding hydrogens is 202 g/mol. The molecular formula is C12H21N3O. The molecule has 0 bridgehead atoms. The van der Waals surface area contributed by atoms with Gasteiger partial charge in [-0.05, 0) is 39.8 Å². The van der Waals surface area contributed by atoms with Gasteiger partial charge in [-0.3, -0.25) is 0 Å². The Morgan fingerprint density at radius 1 is 1.44 bits per heavy atom. The van der Waals surface area contributed by atoms with E-state index in [-0.39, 0.29) is 5.54 Å². The molecule has 2 N–H and O–H groups in total. The molecule has 0 spiro atoms. The first kappa shape index (κ1) is 12.6. The predicted molar refractivity (Wildman–Crippen MR) is 66.4 cm³/mol. The zero-order valence-electron chi connectivity index (χ0n) is 10.5. The van der Waals surface area contributed by atoms with Crippen molar-refractivity contribution in [3.05, 3.63) is 24.2 Å². The molecule has 1 aromatic rings. The van der Waals surface area contributed by atoms with Crippen LogP contribution in [0.3, 0.4) is 0 Å². The molecule has 0 aromatic carbocycles. The smallest absolute Gasteiger partial charge is 0.192 e. The van der Waals surface area contributed by atoms with Crippen LogP contribution in [0.4, 0.5) is 0 Å². The van der Waals surface area contributed by atoms with E-state index in [1.54, 1.807) is 6.26 Å². The van der Waals surface area contributed by atoms with E-state index in [0.29, 0.717) is 6.54 Å². The summed E-state index contributed by atoms with van der Waals surface area (Å²) in [4.78, 5) is 4.44. The van der Waals surface area contributed by atoms with Crippen molar-refractivity contribution in [2.45, 2.75) is 39.8 Å². The van der Waals surface area contributed by atoms with Gasteiger partial charge in [-0.15, -0.1) is 0 Å². The van der Waals surface area contributed by atoms with Crippen LogP contribution in [0.15, 0.2) is 27.8 Å². The fourth-order valence-electron chi connectivity index (χ4n) is 1.22. The second-order valence-corrected chi connectivity index (χ2v) is 4.65. The van der Waals surface area contributed by atoms with Crippen LogP contribution in [0.5, 0.6) is 0 Å². The van der Waals surface area contributed by atoms with Crippen LogP contribution in [0, 0.1) is 0 Å². The minimum atomic E-state index is 0.00413. The van der Waals surface area contributed by atoms with Gasteiger partial charge in [-0.25, -0.2) is 4.99 Å². The van der Waals surface area contributed by atoms with Crippen LogP contribution < -0.4 is 10.6 Å². The van der Waals surface area contributed by atoms with Crippen molar-refractivity contribution in [2.75, 3.05) is 6.54 Å². The minimum Gasteiger partial charge on any atom is -0.467 e. The zero-order valence-corrected chi connectivity index (χ0v) is 10.5. The lowest BCUT2D eigenvalue weighted by Gasteiger charge is -2.23. The molecule has 0 aliphatic heterocycles. The van der Waals surface area contributed by atoms with E-state index in [9.17, 15) is 0 Å². The van der Waals surface area contributed by atoms with E-state index >= 15 is 0 Å². The number of rotatable bonds is 3. The van der Waals surface area contributed by atoms with E-state index in [2.05, 4.69) is 36.4 Å². The molecule has 1 heterocycles. The van der Waals surface area contributed by atoms with E-state index in [1.165, 1.54) is 0 Å². The van der Waals surface area contributed by atoms with Crippen molar-refractivity contribution in [3.8, 4) is 0 Å².